The number of aromatic nitrogens is 2. The van der Waals surface area contributed by atoms with Crippen molar-refractivity contribution in [3.63, 3.8) is 0 Å². The lowest BCUT2D eigenvalue weighted by molar-refractivity contribution is 0.745. The van der Waals surface area contributed by atoms with Crippen LogP contribution in [0, 0.1) is 0 Å². The summed E-state index contributed by atoms with van der Waals surface area (Å²) in [7, 11) is 0. The summed E-state index contributed by atoms with van der Waals surface area (Å²) >= 11 is 2.41. The van der Waals surface area contributed by atoms with Crippen LogP contribution in [0.15, 0.2) is 30.6 Å². The van der Waals surface area contributed by atoms with Crippen LogP contribution in [0.2, 0.25) is 0 Å². The average molecular weight is 312 g/mol. The molecule has 1 atom stereocenters. The molecule has 0 saturated heterocycles. The number of hydrogen-bond acceptors (Lipinski definition) is 2. The molecule has 0 aromatic carbocycles. The SMILES string of the molecule is CC(CCI)c1cnc2cccnc2c1. The highest BCUT2D eigenvalue weighted by molar-refractivity contribution is 14.1. The molecule has 2 aromatic heterocycles. The van der Waals surface area contributed by atoms with Gasteiger partial charge in [-0.15, -0.1) is 0 Å². The van der Waals surface area contributed by atoms with E-state index in [9.17, 15) is 0 Å². The summed E-state index contributed by atoms with van der Waals surface area (Å²) in [5.41, 5.74) is 3.26. The molecule has 0 saturated carbocycles. The first-order valence-corrected chi connectivity index (χ1v) is 6.60. The Hall–Kier alpha value is -0.710. The summed E-state index contributed by atoms with van der Waals surface area (Å²) in [6, 6.07) is 6.07. The van der Waals surface area contributed by atoms with Crippen molar-refractivity contribution >= 4 is 33.6 Å². The van der Waals surface area contributed by atoms with Gasteiger partial charge in [0.15, 0.2) is 0 Å². The highest BCUT2D eigenvalue weighted by atomic mass is 127. The minimum Gasteiger partial charge on any atom is -0.255 e. The molecule has 0 aliphatic carbocycles. The largest absolute Gasteiger partial charge is 0.255 e. The predicted octanol–water partition coefficient (Wildman–Crippen LogP) is 3.56. The van der Waals surface area contributed by atoms with Crippen LogP contribution in [0.25, 0.3) is 11.0 Å². The maximum Gasteiger partial charge on any atom is 0.0889 e. The maximum atomic E-state index is 4.42. The smallest absolute Gasteiger partial charge is 0.0889 e. The van der Waals surface area contributed by atoms with Crippen LogP contribution < -0.4 is 0 Å². The Morgan fingerprint density at radius 2 is 2.20 bits per heavy atom. The first kappa shape index (κ1) is 10.8. The molecule has 15 heavy (non-hydrogen) atoms. The lowest BCUT2D eigenvalue weighted by Crippen LogP contribution is -1.96. The van der Waals surface area contributed by atoms with Crippen molar-refractivity contribution in [2.24, 2.45) is 0 Å². The first-order valence-electron chi connectivity index (χ1n) is 5.08. The summed E-state index contributed by atoms with van der Waals surface area (Å²) in [5.74, 6) is 0.570. The second-order valence-corrected chi connectivity index (χ2v) is 4.77. The van der Waals surface area contributed by atoms with Crippen LogP contribution in [-0.2, 0) is 0 Å². The van der Waals surface area contributed by atoms with E-state index in [2.05, 4.69) is 45.5 Å². The van der Waals surface area contributed by atoms with E-state index in [0.717, 1.165) is 11.0 Å². The van der Waals surface area contributed by atoms with E-state index in [0.29, 0.717) is 5.92 Å². The van der Waals surface area contributed by atoms with Gasteiger partial charge >= 0.3 is 0 Å². The third-order valence-corrected chi connectivity index (χ3v) is 3.21. The Morgan fingerprint density at radius 3 is 3.00 bits per heavy atom. The van der Waals surface area contributed by atoms with Gasteiger partial charge < -0.3 is 0 Å². The van der Waals surface area contributed by atoms with Crippen molar-refractivity contribution in [1.82, 2.24) is 9.97 Å². The Labute approximate surface area is 103 Å². The molecule has 2 heterocycles. The molecule has 0 N–H and O–H groups in total. The standard InChI is InChI=1S/C12H13IN2/c1-9(4-5-13)10-7-12-11(15-8-10)3-2-6-14-12/h2-3,6-9H,4-5H2,1H3. The number of fused-ring (bicyclic) bond motifs is 1. The van der Waals surface area contributed by atoms with Crippen LogP contribution in [0.3, 0.4) is 0 Å². The molecule has 1 unspecified atom stereocenters. The van der Waals surface area contributed by atoms with Crippen molar-refractivity contribution in [3.05, 3.63) is 36.2 Å². The van der Waals surface area contributed by atoms with Gasteiger partial charge in [0.25, 0.3) is 0 Å². The molecule has 3 heteroatoms. The Morgan fingerprint density at radius 1 is 1.33 bits per heavy atom. The van der Waals surface area contributed by atoms with E-state index < -0.39 is 0 Å². The van der Waals surface area contributed by atoms with Gasteiger partial charge in [-0.05, 0) is 36.1 Å². The molecule has 0 bridgehead atoms. The molecular formula is C12H13IN2. The minimum atomic E-state index is 0.570. The monoisotopic (exact) mass is 312 g/mol. The van der Waals surface area contributed by atoms with Gasteiger partial charge in [-0.2, -0.15) is 0 Å². The van der Waals surface area contributed by atoms with Gasteiger partial charge in [0.2, 0.25) is 0 Å². The molecule has 0 fully saturated rings. The molecular weight excluding hydrogens is 299 g/mol. The highest BCUT2D eigenvalue weighted by Crippen LogP contribution is 2.21. The van der Waals surface area contributed by atoms with E-state index in [1.165, 1.54) is 16.4 Å². The zero-order valence-corrected chi connectivity index (χ0v) is 10.8. The Bertz CT molecular complexity index is 456. The fourth-order valence-corrected chi connectivity index (χ4v) is 2.50. The van der Waals surface area contributed by atoms with Crippen molar-refractivity contribution in [1.29, 1.82) is 0 Å². The van der Waals surface area contributed by atoms with Crippen molar-refractivity contribution in [2.75, 3.05) is 4.43 Å². The van der Waals surface area contributed by atoms with E-state index in [4.69, 9.17) is 0 Å². The molecule has 0 amide bonds. The van der Waals surface area contributed by atoms with Crippen LogP contribution >= 0.6 is 22.6 Å². The number of rotatable bonds is 3. The molecule has 2 aromatic rings. The van der Waals surface area contributed by atoms with Crippen LogP contribution in [0.4, 0.5) is 0 Å². The van der Waals surface area contributed by atoms with E-state index in [1.54, 1.807) is 0 Å². The summed E-state index contributed by atoms with van der Waals surface area (Å²) in [5, 5.41) is 0. The van der Waals surface area contributed by atoms with Gasteiger partial charge in [-0.25, -0.2) is 0 Å². The van der Waals surface area contributed by atoms with Gasteiger partial charge in [-0.1, -0.05) is 29.5 Å². The number of pyridine rings is 2. The van der Waals surface area contributed by atoms with Crippen molar-refractivity contribution in [3.8, 4) is 0 Å². The van der Waals surface area contributed by atoms with Gasteiger partial charge in [0.1, 0.15) is 0 Å². The van der Waals surface area contributed by atoms with Crippen molar-refractivity contribution < 1.29 is 0 Å². The number of nitrogens with zero attached hydrogens (tertiary/aromatic N) is 2. The third-order valence-electron chi connectivity index (χ3n) is 2.58. The first-order chi connectivity index (χ1) is 7.31. The lowest BCUT2D eigenvalue weighted by Gasteiger charge is -2.09. The van der Waals surface area contributed by atoms with E-state index in [-0.39, 0.29) is 0 Å². The molecule has 2 nitrogen and oxygen atoms in total. The second kappa shape index (κ2) is 4.88. The molecule has 0 aliphatic rings. The van der Waals surface area contributed by atoms with Crippen LogP contribution in [0.1, 0.15) is 24.8 Å². The quantitative estimate of drug-likeness (QED) is 0.640. The third kappa shape index (κ3) is 2.45. The Kier molecular flexibility index (Phi) is 3.51. The van der Waals surface area contributed by atoms with Crippen LogP contribution in [0.5, 0.6) is 0 Å². The molecule has 78 valence electrons. The number of hydrogen-bond donors (Lipinski definition) is 0. The molecule has 2 rings (SSSR count). The fraction of sp³-hybridized carbons (Fsp3) is 0.333. The topological polar surface area (TPSA) is 25.8 Å². The molecule has 0 aliphatic heterocycles. The predicted molar refractivity (Wildman–Crippen MR) is 71.5 cm³/mol. The molecule has 0 spiro atoms. The summed E-state index contributed by atoms with van der Waals surface area (Å²) in [6.45, 7) is 2.24. The summed E-state index contributed by atoms with van der Waals surface area (Å²) in [6.07, 6.45) is 4.98. The van der Waals surface area contributed by atoms with Gasteiger partial charge in [0.05, 0.1) is 11.0 Å². The summed E-state index contributed by atoms with van der Waals surface area (Å²) in [4.78, 5) is 8.74. The lowest BCUT2D eigenvalue weighted by atomic mass is 10.0. The van der Waals surface area contributed by atoms with E-state index in [1.807, 2.05) is 24.5 Å². The average Bonchev–Trinajstić information content (AvgIpc) is 2.29. The number of alkyl halides is 1. The summed E-state index contributed by atoms with van der Waals surface area (Å²) < 4.78 is 1.18. The normalized spacial score (nSPS) is 12.9. The fourth-order valence-electron chi connectivity index (χ4n) is 1.57. The van der Waals surface area contributed by atoms with Gasteiger partial charge in [0, 0.05) is 16.8 Å². The van der Waals surface area contributed by atoms with E-state index >= 15 is 0 Å². The van der Waals surface area contributed by atoms with Gasteiger partial charge in [-0.3, -0.25) is 9.97 Å². The van der Waals surface area contributed by atoms with Crippen molar-refractivity contribution in [2.45, 2.75) is 19.3 Å². The minimum absolute atomic E-state index is 0.570. The van der Waals surface area contributed by atoms with Crippen LogP contribution in [-0.4, -0.2) is 14.4 Å². The zero-order valence-electron chi connectivity index (χ0n) is 8.65. The number of halogens is 1. The molecule has 0 radical (unpaired) electrons. The zero-order chi connectivity index (χ0) is 10.7. The second-order valence-electron chi connectivity index (χ2n) is 3.69. The Balaban J connectivity index is 2.38. The highest BCUT2D eigenvalue weighted by Gasteiger charge is 2.06. The maximum absolute atomic E-state index is 4.42.